The van der Waals surface area contributed by atoms with Crippen LogP contribution in [-0.2, 0) is 4.79 Å². The van der Waals surface area contributed by atoms with Gasteiger partial charge in [0.05, 0.1) is 0 Å². The number of fused-ring (bicyclic) bond motifs is 1. The van der Waals surface area contributed by atoms with Gasteiger partial charge in [-0.05, 0) is 30.4 Å². The van der Waals surface area contributed by atoms with Crippen molar-refractivity contribution in [1.82, 2.24) is 10.3 Å². The Balaban J connectivity index is 1.79. The molecule has 2 aromatic rings. The SMILES string of the molecule is CC(C)(CO)CCCNC(=O)/C=C/c1nc2ccccc2o1. The molecule has 0 aliphatic heterocycles. The molecular formula is C17H22N2O3. The Bertz CT molecular complexity index is 626. The highest BCUT2D eigenvalue weighted by molar-refractivity contribution is 5.91. The maximum Gasteiger partial charge on any atom is 0.244 e. The minimum absolute atomic E-state index is 0.0984. The van der Waals surface area contributed by atoms with E-state index in [9.17, 15) is 4.79 Å². The van der Waals surface area contributed by atoms with Crippen molar-refractivity contribution in [2.45, 2.75) is 26.7 Å². The van der Waals surface area contributed by atoms with E-state index in [-0.39, 0.29) is 17.9 Å². The number of rotatable bonds is 7. The molecular weight excluding hydrogens is 280 g/mol. The zero-order valence-electron chi connectivity index (χ0n) is 13.0. The van der Waals surface area contributed by atoms with Gasteiger partial charge in [-0.3, -0.25) is 4.79 Å². The van der Waals surface area contributed by atoms with Gasteiger partial charge in [-0.2, -0.15) is 0 Å². The van der Waals surface area contributed by atoms with E-state index in [4.69, 9.17) is 9.52 Å². The fourth-order valence-electron chi connectivity index (χ4n) is 2.02. The van der Waals surface area contributed by atoms with Crippen LogP contribution >= 0.6 is 0 Å². The summed E-state index contributed by atoms with van der Waals surface area (Å²) in [4.78, 5) is 16.0. The number of nitrogens with one attached hydrogen (secondary N) is 1. The van der Waals surface area contributed by atoms with Crippen LogP contribution in [0.1, 0.15) is 32.6 Å². The molecule has 0 radical (unpaired) electrons. The van der Waals surface area contributed by atoms with Crippen LogP contribution in [0.15, 0.2) is 34.8 Å². The number of benzene rings is 1. The largest absolute Gasteiger partial charge is 0.437 e. The number of carbonyl (C=O) groups is 1. The average Bonchev–Trinajstić information content (AvgIpc) is 2.92. The molecule has 0 spiro atoms. The summed E-state index contributed by atoms with van der Waals surface area (Å²) in [6.45, 7) is 4.74. The summed E-state index contributed by atoms with van der Waals surface area (Å²) < 4.78 is 5.50. The van der Waals surface area contributed by atoms with E-state index in [2.05, 4.69) is 10.3 Å². The molecule has 0 fully saturated rings. The summed E-state index contributed by atoms with van der Waals surface area (Å²) in [6, 6.07) is 7.46. The van der Waals surface area contributed by atoms with Crippen LogP contribution in [0.2, 0.25) is 0 Å². The summed E-state index contributed by atoms with van der Waals surface area (Å²) in [7, 11) is 0. The number of nitrogens with zero attached hydrogens (tertiary/aromatic N) is 1. The molecule has 0 saturated carbocycles. The normalized spacial score (nSPS) is 12.1. The van der Waals surface area contributed by atoms with Crippen LogP contribution in [0.4, 0.5) is 0 Å². The van der Waals surface area contributed by atoms with Crippen molar-refractivity contribution in [2.75, 3.05) is 13.2 Å². The second-order valence-corrected chi connectivity index (χ2v) is 6.07. The molecule has 2 N–H and O–H groups in total. The lowest BCUT2D eigenvalue weighted by Crippen LogP contribution is -2.24. The van der Waals surface area contributed by atoms with E-state index < -0.39 is 0 Å². The lowest BCUT2D eigenvalue weighted by molar-refractivity contribution is -0.116. The van der Waals surface area contributed by atoms with Crippen LogP contribution in [0.3, 0.4) is 0 Å². The molecule has 0 bridgehead atoms. The number of hydrogen-bond donors (Lipinski definition) is 2. The van der Waals surface area contributed by atoms with Crippen LogP contribution < -0.4 is 5.32 Å². The molecule has 5 nitrogen and oxygen atoms in total. The number of carbonyl (C=O) groups excluding carboxylic acids is 1. The van der Waals surface area contributed by atoms with Gasteiger partial charge >= 0.3 is 0 Å². The van der Waals surface area contributed by atoms with E-state index in [0.29, 0.717) is 18.0 Å². The third-order valence-corrected chi connectivity index (χ3v) is 3.45. The van der Waals surface area contributed by atoms with Crippen molar-refractivity contribution in [2.24, 2.45) is 5.41 Å². The van der Waals surface area contributed by atoms with E-state index in [0.717, 1.165) is 18.4 Å². The van der Waals surface area contributed by atoms with Gasteiger partial charge in [0.2, 0.25) is 11.8 Å². The van der Waals surface area contributed by atoms with E-state index in [1.165, 1.54) is 6.08 Å². The predicted octanol–water partition coefficient (Wildman–Crippen LogP) is 2.76. The number of aliphatic hydroxyl groups is 1. The van der Waals surface area contributed by atoms with Gasteiger partial charge in [-0.1, -0.05) is 26.0 Å². The van der Waals surface area contributed by atoms with Crippen molar-refractivity contribution in [3.63, 3.8) is 0 Å². The van der Waals surface area contributed by atoms with Gasteiger partial charge in [0.15, 0.2) is 5.58 Å². The Labute approximate surface area is 130 Å². The molecule has 5 heteroatoms. The second kappa shape index (κ2) is 7.22. The molecule has 1 amide bonds. The lowest BCUT2D eigenvalue weighted by Gasteiger charge is -2.20. The first-order valence-corrected chi connectivity index (χ1v) is 7.42. The molecule has 0 unspecified atom stereocenters. The van der Waals surface area contributed by atoms with Crippen LogP contribution in [0, 0.1) is 5.41 Å². The number of para-hydroxylation sites is 2. The molecule has 0 saturated heterocycles. The van der Waals surface area contributed by atoms with Gasteiger partial charge in [0.1, 0.15) is 5.52 Å². The zero-order valence-corrected chi connectivity index (χ0v) is 13.0. The van der Waals surface area contributed by atoms with E-state index in [1.54, 1.807) is 6.08 Å². The van der Waals surface area contributed by atoms with Crippen LogP contribution in [0.5, 0.6) is 0 Å². The monoisotopic (exact) mass is 302 g/mol. The Morgan fingerprint density at radius 1 is 1.41 bits per heavy atom. The Kier molecular flexibility index (Phi) is 5.33. The molecule has 118 valence electrons. The van der Waals surface area contributed by atoms with E-state index in [1.807, 2.05) is 38.1 Å². The quantitative estimate of drug-likeness (QED) is 0.609. The van der Waals surface area contributed by atoms with E-state index >= 15 is 0 Å². The van der Waals surface area contributed by atoms with Gasteiger partial charge in [0.25, 0.3) is 0 Å². The van der Waals surface area contributed by atoms with Gasteiger partial charge < -0.3 is 14.8 Å². The first-order valence-electron chi connectivity index (χ1n) is 7.42. The number of amides is 1. The molecule has 22 heavy (non-hydrogen) atoms. The Morgan fingerprint density at radius 2 is 2.18 bits per heavy atom. The maximum atomic E-state index is 11.7. The zero-order chi connectivity index (χ0) is 16.0. The molecule has 1 heterocycles. The van der Waals surface area contributed by atoms with Crippen LogP contribution in [0.25, 0.3) is 17.2 Å². The van der Waals surface area contributed by atoms with Crippen molar-refractivity contribution in [1.29, 1.82) is 0 Å². The molecule has 1 aromatic carbocycles. The molecule has 0 aliphatic carbocycles. The number of hydrogen-bond acceptors (Lipinski definition) is 4. The van der Waals surface area contributed by atoms with Crippen molar-refractivity contribution in [3.05, 3.63) is 36.2 Å². The van der Waals surface area contributed by atoms with Crippen molar-refractivity contribution >= 4 is 23.1 Å². The van der Waals surface area contributed by atoms with Crippen molar-refractivity contribution in [3.8, 4) is 0 Å². The molecule has 0 aliphatic rings. The fourth-order valence-corrected chi connectivity index (χ4v) is 2.02. The third-order valence-electron chi connectivity index (χ3n) is 3.45. The number of aliphatic hydroxyl groups excluding tert-OH is 1. The summed E-state index contributed by atoms with van der Waals surface area (Å²) in [5.41, 5.74) is 1.38. The maximum absolute atomic E-state index is 11.7. The van der Waals surface area contributed by atoms with Crippen molar-refractivity contribution < 1.29 is 14.3 Å². The highest BCUT2D eigenvalue weighted by Crippen LogP contribution is 2.20. The summed E-state index contributed by atoms with van der Waals surface area (Å²) in [6.07, 6.45) is 4.67. The summed E-state index contributed by atoms with van der Waals surface area (Å²) in [5, 5.41) is 12.0. The topological polar surface area (TPSA) is 75.4 Å². The van der Waals surface area contributed by atoms with Gasteiger partial charge in [-0.25, -0.2) is 4.98 Å². The summed E-state index contributed by atoms with van der Waals surface area (Å²) >= 11 is 0. The lowest BCUT2D eigenvalue weighted by atomic mass is 9.89. The predicted molar refractivity (Wildman–Crippen MR) is 86.2 cm³/mol. The first kappa shape index (κ1) is 16.2. The Hall–Kier alpha value is -2.14. The third kappa shape index (κ3) is 4.70. The fraction of sp³-hybridized carbons (Fsp3) is 0.412. The highest BCUT2D eigenvalue weighted by Gasteiger charge is 2.15. The molecule has 2 rings (SSSR count). The molecule has 1 aromatic heterocycles. The standard InChI is InChI=1S/C17H22N2O3/c1-17(2,12-20)10-5-11-18-15(21)8-9-16-19-13-6-3-4-7-14(13)22-16/h3-4,6-9,20H,5,10-12H2,1-2H3,(H,18,21)/b9-8+. The van der Waals surface area contributed by atoms with Crippen LogP contribution in [-0.4, -0.2) is 29.1 Å². The highest BCUT2D eigenvalue weighted by atomic mass is 16.3. The van der Waals surface area contributed by atoms with Gasteiger partial charge in [-0.15, -0.1) is 0 Å². The second-order valence-electron chi connectivity index (χ2n) is 6.07. The van der Waals surface area contributed by atoms with Gasteiger partial charge in [0, 0.05) is 25.3 Å². The minimum atomic E-state index is -0.177. The smallest absolute Gasteiger partial charge is 0.244 e. The number of oxazole rings is 1. The summed E-state index contributed by atoms with van der Waals surface area (Å²) in [5.74, 6) is 0.238. The Morgan fingerprint density at radius 3 is 2.91 bits per heavy atom. The average molecular weight is 302 g/mol. The number of aromatic nitrogens is 1. The molecule has 0 atom stereocenters. The first-order chi connectivity index (χ1) is 10.5. The minimum Gasteiger partial charge on any atom is -0.437 e.